The molecule has 1 aromatic carbocycles. The van der Waals surface area contributed by atoms with E-state index in [0.717, 1.165) is 5.56 Å². The van der Waals surface area contributed by atoms with Crippen LogP contribution in [0.5, 0.6) is 0 Å². The minimum Gasteiger partial charge on any atom is -0.481 e. The molecule has 0 heterocycles. The monoisotopic (exact) mass is 194 g/mol. The molecule has 14 heavy (non-hydrogen) atoms. The summed E-state index contributed by atoms with van der Waals surface area (Å²) in [5, 5.41) is 8.60. The Balaban J connectivity index is 2.26. The molecule has 1 unspecified atom stereocenters. The van der Waals surface area contributed by atoms with Crippen LogP contribution < -0.4 is 0 Å². The molecular formula is C11H14O3. The Morgan fingerprint density at radius 2 is 2.07 bits per heavy atom. The zero-order valence-corrected chi connectivity index (χ0v) is 8.14. The van der Waals surface area contributed by atoms with Gasteiger partial charge in [-0.2, -0.15) is 0 Å². The average Bonchev–Trinajstić information content (AvgIpc) is 2.19. The lowest BCUT2D eigenvalue weighted by atomic mass is 10.2. The highest BCUT2D eigenvalue weighted by Crippen LogP contribution is 2.03. The minimum absolute atomic E-state index is 0.254. The Morgan fingerprint density at radius 1 is 1.43 bits per heavy atom. The highest BCUT2D eigenvalue weighted by molar-refractivity contribution is 5.69. The Morgan fingerprint density at radius 3 is 2.64 bits per heavy atom. The van der Waals surface area contributed by atoms with Crippen LogP contribution in [-0.2, 0) is 16.1 Å². The van der Waals surface area contributed by atoms with Gasteiger partial charge in [0.2, 0.25) is 0 Å². The summed E-state index contributed by atoms with van der Waals surface area (Å²) in [5.74, 6) is -1.27. The summed E-state index contributed by atoms with van der Waals surface area (Å²) in [5.41, 5.74) is 1.06. The molecule has 0 spiro atoms. The summed E-state index contributed by atoms with van der Waals surface area (Å²) in [6.45, 7) is 2.36. The molecule has 3 nitrogen and oxygen atoms in total. The number of hydrogen-bond acceptors (Lipinski definition) is 2. The second-order valence-electron chi connectivity index (χ2n) is 3.24. The van der Waals surface area contributed by atoms with Crippen LogP contribution in [0.4, 0.5) is 0 Å². The lowest BCUT2D eigenvalue weighted by molar-refractivity contribution is -0.143. The minimum atomic E-state index is -0.821. The van der Waals surface area contributed by atoms with Gasteiger partial charge in [0.25, 0.3) is 0 Å². The van der Waals surface area contributed by atoms with Crippen LogP contribution in [0.15, 0.2) is 30.3 Å². The summed E-state index contributed by atoms with van der Waals surface area (Å²) in [7, 11) is 0. The van der Waals surface area contributed by atoms with Crippen LogP contribution in [0.2, 0.25) is 0 Å². The second-order valence-corrected chi connectivity index (χ2v) is 3.24. The molecule has 1 aromatic rings. The van der Waals surface area contributed by atoms with Crippen LogP contribution >= 0.6 is 0 Å². The Bertz CT molecular complexity index is 282. The molecule has 76 valence electrons. The molecule has 0 aliphatic carbocycles. The van der Waals surface area contributed by atoms with Gasteiger partial charge in [-0.05, 0) is 12.5 Å². The van der Waals surface area contributed by atoms with Gasteiger partial charge in [-0.25, -0.2) is 0 Å². The first-order valence-electron chi connectivity index (χ1n) is 4.54. The first kappa shape index (κ1) is 10.7. The van der Waals surface area contributed by atoms with Crippen molar-refractivity contribution in [3.63, 3.8) is 0 Å². The van der Waals surface area contributed by atoms with Gasteiger partial charge in [-0.15, -0.1) is 0 Å². The van der Waals surface area contributed by atoms with Crippen LogP contribution in [0.1, 0.15) is 12.5 Å². The summed E-state index contributed by atoms with van der Waals surface area (Å²) in [6, 6.07) is 9.69. The lowest BCUT2D eigenvalue weighted by Crippen LogP contribution is -2.15. The standard InChI is InChI=1S/C11H14O3/c1-9(11(12)13)7-14-8-10-5-3-2-4-6-10/h2-6,9H,7-8H2,1H3,(H,12,13). The predicted molar refractivity (Wildman–Crippen MR) is 52.9 cm³/mol. The van der Waals surface area contributed by atoms with E-state index in [1.807, 2.05) is 30.3 Å². The number of rotatable bonds is 5. The first-order valence-corrected chi connectivity index (χ1v) is 4.54. The SMILES string of the molecule is CC(COCc1ccccc1)C(=O)O. The van der Waals surface area contributed by atoms with E-state index >= 15 is 0 Å². The van der Waals surface area contributed by atoms with E-state index in [4.69, 9.17) is 9.84 Å². The molecule has 1 N–H and O–H groups in total. The lowest BCUT2D eigenvalue weighted by Gasteiger charge is -2.07. The van der Waals surface area contributed by atoms with Gasteiger partial charge in [0.1, 0.15) is 0 Å². The fourth-order valence-corrected chi connectivity index (χ4v) is 0.999. The Kier molecular flexibility index (Phi) is 4.13. The molecule has 0 amide bonds. The number of carbonyl (C=O) groups is 1. The van der Waals surface area contributed by atoms with Gasteiger partial charge in [0.05, 0.1) is 19.1 Å². The van der Waals surface area contributed by atoms with Gasteiger partial charge in [0, 0.05) is 0 Å². The van der Waals surface area contributed by atoms with Crippen molar-refractivity contribution in [2.24, 2.45) is 5.92 Å². The van der Waals surface area contributed by atoms with E-state index in [9.17, 15) is 4.79 Å². The summed E-state index contributed by atoms with van der Waals surface area (Å²) in [4.78, 5) is 10.5. The van der Waals surface area contributed by atoms with Crippen molar-refractivity contribution in [2.45, 2.75) is 13.5 Å². The van der Waals surface area contributed by atoms with Crippen LogP contribution in [-0.4, -0.2) is 17.7 Å². The molecule has 1 atom stereocenters. The van der Waals surface area contributed by atoms with Gasteiger partial charge in [0.15, 0.2) is 0 Å². The van der Waals surface area contributed by atoms with Crippen LogP contribution in [0.3, 0.4) is 0 Å². The number of ether oxygens (including phenoxy) is 1. The fraction of sp³-hybridized carbons (Fsp3) is 0.364. The van der Waals surface area contributed by atoms with Crippen molar-refractivity contribution in [1.29, 1.82) is 0 Å². The molecule has 3 heteroatoms. The van der Waals surface area contributed by atoms with Crippen molar-refractivity contribution >= 4 is 5.97 Å². The van der Waals surface area contributed by atoms with E-state index in [2.05, 4.69) is 0 Å². The molecule has 0 aliphatic rings. The number of benzene rings is 1. The van der Waals surface area contributed by atoms with E-state index in [1.165, 1.54) is 0 Å². The number of hydrogen-bond donors (Lipinski definition) is 1. The predicted octanol–water partition coefficient (Wildman–Crippen LogP) is 1.92. The highest BCUT2D eigenvalue weighted by Gasteiger charge is 2.10. The number of carboxylic acid groups (broad SMARTS) is 1. The van der Waals surface area contributed by atoms with Crippen LogP contribution in [0.25, 0.3) is 0 Å². The third-order valence-electron chi connectivity index (χ3n) is 1.90. The zero-order chi connectivity index (χ0) is 10.4. The van der Waals surface area contributed by atoms with Gasteiger partial charge < -0.3 is 9.84 Å². The molecule has 0 aliphatic heterocycles. The van der Waals surface area contributed by atoms with Crippen LogP contribution in [0, 0.1) is 5.92 Å². The van der Waals surface area contributed by atoms with E-state index in [1.54, 1.807) is 6.92 Å². The van der Waals surface area contributed by atoms with Gasteiger partial charge in [-0.3, -0.25) is 4.79 Å². The topological polar surface area (TPSA) is 46.5 Å². The van der Waals surface area contributed by atoms with Gasteiger partial charge >= 0.3 is 5.97 Å². The number of carboxylic acids is 1. The normalized spacial score (nSPS) is 12.4. The third kappa shape index (κ3) is 3.58. The van der Waals surface area contributed by atoms with Crippen molar-refractivity contribution in [2.75, 3.05) is 6.61 Å². The van der Waals surface area contributed by atoms with E-state index in [0.29, 0.717) is 6.61 Å². The van der Waals surface area contributed by atoms with Crippen molar-refractivity contribution in [1.82, 2.24) is 0 Å². The quantitative estimate of drug-likeness (QED) is 0.779. The maximum Gasteiger partial charge on any atom is 0.308 e. The maximum absolute atomic E-state index is 10.5. The second kappa shape index (κ2) is 5.40. The molecule has 0 radical (unpaired) electrons. The number of aliphatic carboxylic acids is 1. The Labute approximate surface area is 83.3 Å². The van der Waals surface area contributed by atoms with Gasteiger partial charge in [-0.1, -0.05) is 30.3 Å². The molecule has 0 saturated heterocycles. The largest absolute Gasteiger partial charge is 0.481 e. The van der Waals surface area contributed by atoms with E-state index in [-0.39, 0.29) is 6.61 Å². The average molecular weight is 194 g/mol. The summed E-state index contributed by atoms with van der Waals surface area (Å²) >= 11 is 0. The van der Waals surface area contributed by atoms with Crippen molar-refractivity contribution in [3.8, 4) is 0 Å². The maximum atomic E-state index is 10.5. The zero-order valence-electron chi connectivity index (χ0n) is 8.14. The Hall–Kier alpha value is -1.35. The van der Waals surface area contributed by atoms with E-state index < -0.39 is 11.9 Å². The first-order chi connectivity index (χ1) is 6.70. The smallest absolute Gasteiger partial charge is 0.308 e. The molecule has 0 bridgehead atoms. The summed E-state index contributed by atoms with van der Waals surface area (Å²) < 4.78 is 5.26. The highest BCUT2D eigenvalue weighted by atomic mass is 16.5. The third-order valence-corrected chi connectivity index (χ3v) is 1.90. The molecular weight excluding hydrogens is 180 g/mol. The summed E-state index contributed by atoms with van der Waals surface area (Å²) in [6.07, 6.45) is 0. The molecule has 1 rings (SSSR count). The van der Waals surface area contributed by atoms with Crippen molar-refractivity contribution < 1.29 is 14.6 Å². The van der Waals surface area contributed by atoms with Crippen molar-refractivity contribution in [3.05, 3.63) is 35.9 Å². The molecule has 0 fully saturated rings. The fourth-order valence-electron chi connectivity index (χ4n) is 0.999. The molecule has 0 aromatic heterocycles. The molecule has 0 saturated carbocycles.